The van der Waals surface area contributed by atoms with Crippen molar-refractivity contribution in [3.63, 3.8) is 0 Å². The summed E-state index contributed by atoms with van der Waals surface area (Å²) in [7, 11) is 0. The number of carbonyl (C=O) groups is 3. The number of urea groups is 1. The largest absolute Gasteiger partial charge is 0.374 e. The Labute approximate surface area is 104 Å². The molecule has 1 aromatic carbocycles. The van der Waals surface area contributed by atoms with Crippen LogP contribution in [0.1, 0.15) is 17.3 Å². The van der Waals surface area contributed by atoms with Gasteiger partial charge in [0.2, 0.25) is 11.8 Å². The van der Waals surface area contributed by atoms with Crippen LogP contribution in [0.5, 0.6) is 0 Å². The van der Waals surface area contributed by atoms with E-state index in [-0.39, 0.29) is 0 Å². The number of anilines is 1. The fourth-order valence-electron chi connectivity index (χ4n) is 1.31. The fraction of sp³-hybridized carbons (Fsp3) is 0.182. The van der Waals surface area contributed by atoms with Gasteiger partial charge in [0.25, 0.3) is 0 Å². The lowest BCUT2D eigenvalue weighted by molar-refractivity contribution is -0.120. The molecule has 0 fully saturated rings. The first-order valence-electron chi connectivity index (χ1n) is 5.17. The molecule has 0 saturated heterocycles. The number of carbonyl (C=O) groups excluding carboxylic acids is 3. The Bertz CT molecular complexity index is 487. The Hall–Kier alpha value is -2.57. The molecule has 18 heavy (non-hydrogen) atoms. The van der Waals surface area contributed by atoms with E-state index in [0.29, 0.717) is 11.3 Å². The van der Waals surface area contributed by atoms with E-state index in [1.54, 1.807) is 25.1 Å². The highest BCUT2D eigenvalue weighted by Gasteiger charge is 2.14. The molecule has 7 heteroatoms. The number of primary amides is 2. The molecular formula is C11H14N4O3. The van der Waals surface area contributed by atoms with Crippen molar-refractivity contribution in [2.75, 3.05) is 5.32 Å². The highest BCUT2D eigenvalue weighted by atomic mass is 16.2. The third-order valence-corrected chi connectivity index (χ3v) is 2.17. The molecule has 1 atom stereocenters. The number of nitrogens with one attached hydrogen (secondary N) is 2. The summed E-state index contributed by atoms with van der Waals surface area (Å²) in [6.45, 7) is 1.55. The van der Waals surface area contributed by atoms with Crippen LogP contribution in [0.15, 0.2) is 24.3 Å². The Kier molecular flexibility index (Phi) is 4.25. The van der Waals surface area contributed by atoms with Crippen molar-refractivity contribution in [1.29, 1.82) is 0 Å². The molecule has 1 aromatic rings. The lowest BCUT2D eigenvalue weighted by atomic mass is 10.2. The topological polar surface area (TPSA) is 127 Å². The van der Waals surface area contributed by atoms with E-state index in [4.69, 9.17) is 11.5 Å². The molecule has 96 valence electrons. The van der Waals surface area contributed by atoms with Gasteiger partial charge in [-0.3, -0.25) is 14.9 Å². The highest BCUT2D eigenvalue weighted by Crippen LogP contribution is 2.11. The van der Waals surface area contributed by atoms with Crippen LogP contribution in [0.3, 0.4) is 0 Å². The molecule has 6 N–H and O–H groups in total. The Morgan fingerprint density at radius 3 is 2.44 bits per heavy atom. The van der Waals surface area contributed by atoms with Crippen molar-refractivity contribution >= 4 is 23.5 Å². The maximum Gasteiger partial charge on any atom is 0.318 e. The molecule has 0 bridgehead atoms. The monoisotopic (exact) mass is 250 g/mol. The molecule has 0 saturated carbocycles. The van der Waals surface area contributed by atoms with E-state index < -0.39 is 23.9 Å². The van der Waals surface area contributed by atoms with Crippen LogP contribution in [-0.4, -0.2) is 23.9 Å². The molecule has 0 spiro atoms. The van der Waals surface area contributed by atoms with Crippen molar-refractivity contribution in [2.45, 2.75) is 13.0 Å². The summed E-state index contributed by atoms with van der Waals surface area (Å²) in [6.07, 6.45) is 0. The van der Waals surface area contributed by atoms with Gasteiger partial charge >= 0.3 is 6.03 Å². The zero-order valence-electron chi connectivity index (χ0n) is 9.77. The van der Waals surface area contributed by atoms with E-state index in [1.165, 1.54) is 6.07 Å². The number of imide groups is 1. The van der Waals surface area contributed by atoms with Gasteiger partial charge in [-0.15, -0.1) is 0 Å². The highest BCUT2D eigenvalue weighted by molar-refractivity contribution is 5.97. The second-order valence-electron chi connectivity index (χ2n) is 3.66. The molecule has 0 aliphatic rings. The van der Waals surface area contributed by atoms with Crippen molar-refractivity contribution < 1.29 is 14.4 Å². The average Bonchev–Trinajstić information content (AvgIpc) is 2.28. The van der Waals surface area contributed by atoms with Gasteiger partial charge in [-0.2, -0.15) is 0 Å². The van der Waals surface area contributed by atoms with Gasteiger partial charge in [-0.25, -0.2) is 4.79 Å². The second kappa shape index (κ2) is 5.67. The predicted molar refractivity (Wildman–Crippen MR) is 65.8 cm³/mol. The number of amides is 4. The second-order valence-corrected chi connectivity index (χ2v) is 3.66. The summed E-state index contributed by atoms with van der Waals surface area (Å²) in [5, 5.41) is 4.76. The molecule has 1 rings (SSSR count). The van der Waals surface area contributed by atoms with Crippen LogP contribution < -0.4 is 22.1 Å². The summed E-state index contributed by atoms with van der Waals surface area (Å²) in [4.78, 5) is 32.9. The Morgan fingerprint density at radius 1 is 1.22 bits per heavy atom. The van der Waals surface area contributed by atoms with Gasteiger partial charge in [0.15, 0.2) is 0 Å². The van der Waals surface area contributed by atoms with Crippen molar-refractivity contribution in [3.05, 3.63) is 29.8 Å². The molecule has 7 nitrogen and oxygen atoms in total. The number of rotatable bonds is 4. The minimum atomic E-state index is -0.917. The molecule has 0 aromatic heterocycles. The van der Waals surface area contributed by atoms with Crippen LogP contribution in [0, 0.1) is 0 Å². The average molecular weight is 250 g/mol. The van der Waals surface area contributed by atoms with Gasteiger partial charge in [-0.05, 0) is 25.1 Å². The van der Waals surface area contributed by atoms with Gasteiger partial charge in [0.1, 0.15) is 6.04 Å². The summed E-state index contributed by atoms with van der Waals surface area (Å²) in [5.41, 5.74) is 10.8. The maximum atomic E-state index is 11.4. The maximum absolute atomic E-state index is 11.4. The van der Waals surface area contributed by atoms with Crippen LogP contribution >= 0.6 is 0 Å². The third-order valence-electron chi connectivity index (χ3n) is 2.17. The number of benzene rings is 1. The third kappa shape index (κ3) is 3.78. The molecule has 0 aliphatic carbocycles. The Morgan fingerprint density at radius 2 is 1.89 bits per heavy atom. The van der Waals surface area contributed by atoms with E-state index in [1.807, 2.05) is 5.32 Å². The van der Waals surface area contributed by atoms with Gasteiger partial charge in [-0.1, -0.05) is 6.07 Å². The van der Waals surface area contributed by atoms with Crippen LogP contribution in [0.4, 0.5) is 10.5 Å². The quantitative estimate of drug-likeness (QED) is 0.589. The summed E-state index contributed by atoms with van der Waals surface area (Å²) in [5.74, 6) is -1.13. The minimum Gasteiger partial charge on any atom is -0.374 e. The summed E-state index contributed by atoms with van der Waals surface area (Å²) in [6, 6.07) is 4.76. The van der Waals surface area contributed by atoms with Crippen molar-refractivity contribution in [3.8, 4) is 0 Å². The fourth-order valence-corrected chi connectivity index (χ4v) is 1.31. The van der Waals surface area contributed by atoms with Crippen LogP contribution in [-0.2, 0) is 4.79 Å². The van der Waals surface area contributed by atoms with Gasteiger partial charge in [0.05, 0.1) is 0 Å². The molecule has 0 radical (unpaired) electrons. The normalized spacial score (nSPS) is 11.4. The van der Waals surface area contributed by atoms with Crippen LogP contribution in [0.25, 0.3) is 0 Å². The molecule has 0 heterocycles. The summed E-state index contributed by atoms with van der Waals surface area (Å²) < 4.78 is 0. The van der Waals surface area contributed by atoms with E-state index in [2.05, 4.69) is 5.32 Å². The number of hydrogen-bond acceptors (Lipinski definition) is 4. The molecular weight excluding hydrogens is 236 g/mol. The van der Waals surface area contributed by atoms with Crippen molar-refractivity contribution in [2.24, 2.45) is 11.5 Å². The first kappa shape index (κ1) is 13.5. The molecule has 4 amide bonds. The number of nitrogens with two attached hydrogens (primary N) is 2. The zero-order chi connectivity index (χ0) is 13.7. The SMILES string of the molecule is CC(Nc1cccc(C(N)=O)c1)C(=O)NC(N)=O. The predicted octanol–water partition coefficient (Wildman–Crippen LogP) is -0.219. The summed E-state index contributed by atoms with van der Waals surface area (Å²) >= 11 is 0. The first-order chi connectivity index (χ1) is 8.40. The minimum absolute atomic E-state index is 0.322. The lowest BCUT2D eigenvalue weighted by Gasteiger charge is -2.14. The first-order valence-corrected chi connectivity index (χ1v) is 5.17. The van der Waals surface area contributed by atoms with Crippen molar-refractivity contribution in [1.82, 2.24) is 5.32 Å². The van der Waals surface area contributed by atoms with E-state index in [0.717, 1.165) is 0 Å². The van der Waals surface area contributed by atoms with E-state index in [9.17, 15) is 14.4 Å². The van der Waals surface area contributed by atoms with Gasteiger partial charge < -0.3 is 16.8 Å². The lowest BCUT2D eigenvalue weighted by Crippen LogP contribution is -2.43. The molecule has 1 unspecified atom stereocenters. The standard InChI is InChI=1S/C11H14N4O3/c1-6(10(17)15-11(13)18)14-8-4-2-3-7(5-8)9(12)16/h2-6,14H,1H3,(H2,12,16)(H3,13,15,17,18). The zero-order valence-corrected chi connectivity index (χ0v) is 9.77. The Balaban J connectivity index is 2.72. The number of hydrogen-bond donors (Lipinski definition) is 4. The van der Waals surface area contributed by atoms with Gasteiger partial charge in [0, 0.05) is 11.3 Å². The molecule has 0 aliphatic heterocycles. The van der Waals surface area contributed by atoms with E-state index >= 15 is 0 Å². The smallest absolute Gasteiger partial charge is 0.318 e. The van der Waals surface area contributed by atoms with Crippen LogP contribution in [0.2, 0.25) is 0 Å².